The average molecular weight is 211 g/mol. The lowest BCUT2D eigenvalue weighted by Crippen LogP contribution is -2.04. The molecule has 0 radical (unpaired) electrons. The summed E-state index contributed by atoms with van der Waals surface area (Å²) in [4.78, 5) is 0. The standard InChI is InChI=1S/C14H13NO/c1-3-11(2)15(16)14-9-8-12-6-4-5-7-13(12)10-14/h3-10H,1H2,2H3/b15-11-. The largest absolute Gasteiger partial charge is 0.618 e. The van der Waals surface area contributed by atoms with E-state index in [9.17, 15) is 5.21 Å². The van der Waals surface area contributed by atoms with Crippen molar-refractivity contribution in [2.24, 2.45) is 0 Å². The van der Waals surface area contributed by atoms with Gasteiger partial charge < -0.3 is 5.21 Å². The normalized spacial score (nSPS) is 12.3. The summed E-state index contributed by atoms with van der Waals surface area (Å²) < 4.78 is 0.888. The Morgan fingerprint density at radius 2 is 1.88 bits per heavy atom. The van der Waals surface area contributed by atoms with E-state index in [1.807, 2.05) is 42.5 Å². The van der Waals surface area contributed by atoms with Gasteiger partial charge in [0.05, 0.1) is 0 Å². The van der Waals surface area contributed by atoms with Crippen molar-refractivity contribution < 1.29 is 4.74 Å². The molecule has 0 spiro atoms. The minimum Gasteiger partial charge on any atom is -0.618 e. The summed E-state index contributed by atoms with van der Waals surface area (Å²) in [5.74, 6) is 0. The average Bonchev–Trinajstić information content (AvgIpc) is 2.36. The Labute approximate surface area is 94.7 Å². The highest BCUT2D eigenvalue weighted by molar-refractivity contribution is 5.89. The van der Waals surface area contributed by atoms with Crippen molar-refractivity contribution >= 4 is 22.2 Å². The molecule has 0 aromatic heterocycles. The number of nitrogens with zero attached hydrogens (tertiary/aromatic N) is 1. The number of rotatable bonds is 2. The minimum atomic E-state index is 0.593. The second kappa shape index (κ2) is 4.19. The van der Waals surface area contributed by atoms with Crippen LogP contribution in [-0.2, 0) is 0 Å². The predicted octanol–water partition coefficient (Wildman–Crippen LogP) is 3.63. The maximum Gasteiger partial charge on any atom is 0.217 e. The van der Waals surface area contributed by atoms with Gasteiger partial charge in [-0.15, -0.1) is 0 Å². The second-order valence-corrected chi connectivity index (χ2v) is 3.67. The van der Waals surface area contributed by atoms with Crippen LogP contribution in [-0.4, -0.2) is 10.5 Å². The highest BCUT2D eigenvalue weighted by Gasteiger charge is 2.04. The van der Waals surface area contributed by atoms with Gasteiger partial charge in [0.1, 0.15) is 0 Å². The molecular weight excluding hydrogens is 198 g/mol. The number of allylic oxidation sites excluding steroid dienone is 1. The molecule has 16 heavy (non-hydrogen) atoms. The first kappa shape index (κ1) is 10.4. The van der Waals surface area contributed by atoms with Crippen LogP contribution in [0.15, 0.2) is 55.1 Å². The minimum absolute atomic E-state index is 0.593. The van der Waals surface area contributed by atoms with E-state index in [1.165, 1.54) is 0 Å². The van der Waals surface area contributed by atoms with E-state index in [2.05, 4.69) is 6.58 Å². The van der Waals surface area contributed by atoms with Gasteiger partial charge in [-0.3, -0.25) is 0 Å². The topological polar surface area (TPSA) is 26.1 Å². The molecule has 0 aliphatic rings. The first-order valence-corrected chi connectivity index (χ1v) is 5.14. The molecule has 2 aromatic rings. The summed E-state index contributed by atoms with van der Waals surface area (Å²) >= 11 is 0. The number of hydrogen-bond acceptors (Lipinski definition) is 1. The zero-order valence-corrected chi connectivity index (χ0v) is 9.18. The molecular formula is C14H13NO. The summed E-state index contributed by atoms with van der Waals surface area (Å²) in [6, 6.07) is 13.6. The van der Waals surface area contributed by atoms with Gasteiger partial charge in [0, 0.05) is 19.1 Å². The quantitative estimate of drug-likeness (QED) is 0.322. The zero-order chi connectivity index (χ0) is 11.5. The highest BCUT2D eigenvalue weighted by atomic mass is 16.5. The molecule has 0 amide bonds. The monoisotopic (exact) mass is 211 g/mol. The lowest BCUT2D eigenvalue weighted by atomic mass is 10.1. The van der Waals surface area contributed by atoms with E-state index >= 15 is 0 Å². The molecule has 2 nitrogen and oxygen atoms in total. The molecule has 0 saturated carbocycles. The van der Waals surface area contributed by atoms with Gasteiger partial charge in [0.15, 0.2) is 5.71 Å². The van der Waals surface area contributed by atoms with Gasteiger partial charge >= 0.3 is 0 Å². The van der Waals surface area contributed by atoms with Crippen LogP contribution in [0.2, 0.25) is 0 Å². The van der Waals surface area contributed by atoms with Gasteiger partial charge in [-0.05, 0) is 22.9 Å². The van der Waals surface area contributed by atoms with E-state index in [1.54, 1.807) is 13.0 Å². The Kier molecular flexibility index (Phi) is 2.73. The Balaban J connectivity index is 2.59. The summed E-state index contributed by atoms with van der Waals surface area (Å²) in [7, 11) is 0. The third kappa shape index (κ3) is 1.82. The van der Waals surface area contributed by atoms with Crippen LogP contribution in [0.1, 0.15) is 6.92 Å². The number of fused-ring (bicyclic) bond motifs is 1. The van der Waals surface area contributed by atoms with Crippen molar-refractivity contribution in [2.45, 2.75) is 6.92 Å². The molecule has 0 fully saturated rings. The van der Waals surface area contributed by atoms with E-state index in [-0.39, 0.29) is 0 Å². The van der Waals surface area contributed by atoms with E-state index in [0.29, 0.717) is 11.4 Å². The summed E-state index contributed by atoms with van der Waals surface area (Å²) in [6.07, 6.45) is 1.56. The van der Waals surface area contributed by atoms with Crippen LogP contribution >= 0.6 is 0 Å². The fourth-order valence-corrected chi connectivity index (χ4v) is 1.59. The van der Waals surface area contributed by atoms with Crippen LogP contribution in [0.5, 0.6) is 0 Å². The first-order valence-electron chi connectivity index (χ1n) is 5.14. The van der Waals surface area contributed by atoms with Crippen molar-refractivity contribution in [2.75, 3.05) is 0 Å². The first-order chi connectivity index (χ1) is 7.72. The lowest BCUT2D eigenvalue weighted by molar-refractivity contribution is -0.360. The molecule has 0 saturated heterocycles. The van der Waals surface area contributed by atoms with Crippen molar-refractivity contribution in [1.82, 2.24) is 0 Å². The smallest absolute Gasteiger partial charge is 0.217 e. The van der Waals surface area contributed by atoms with Crippen molar-refractivity contribution in [3.63, 3.8) is 0 Å². The molecule has 2 rings (SSSR count). The van der Waals surface area contributed by atoms with Crippen LogP contribution in [0, 0.1) is 5.21 Å². The second-order valence-electron chi connectivity index (χ2n) is 3.67. The van der Waals surface area contributed by atoms with Crippen molar-refractivity contribution in [1.29, 1.82) is 0 Å². The molecule has 0 bridgehead atoms. The summed E-state index contributed by atoms with van der Waals surface area (Å²) in [6.45, 7) is 5.34. The Bertz CT molecular complexity index is 570. The van der Waals surface area contributed by atoms with Crippen LogP contribution in [0.25, 0.3) is 10.8 Å². The van der Waals surface area contributed by atoms with Crippen molar-refractivity contribution in [3.05, 3.63) is 60.3 Å². The molecule has 0 unspecified atom stereocenters. The highest BCUT2D eigenvalue weighted by Crippen LogP contribution is 2.20. The number of hydrogen-bond donors (Lipinski definition) is 0. The van der Waals surface area contributed by atoms with E-state index in [0.717, 1.165) is 15.5 Å². The zero-order valence-electron chi connectivity index (χ0n) is 9.18. The SMILES string of the molecule is C=C/C(C)=[N+](\[O-])c1ccc2ccccc2c1. The number of benzene rings is 2. The van der Waals surface area contributed by atoms with Crippen LogP contribution < -0.4 is 0 Å². The molecule has 0 aliphatic heterocycles. The third-order valence-corrected chi connectivity index (χ3v) is 2.58. The Morgan fingerprint density at radius 1 is 1.19 bits per heavy atom. The Morgan fingerprint density at radius 3 is 2.56 bits per heavy atom. The molecule has 2 heteroatoms. The summed E-state index contributed by atoms with van der Waals surface area (Å²) in [5.41, 5.74) is 1.23. The molecule has 0 atom stereocenters. The third-order valence-electron chi connectivity index (χ3n) is 2.58. The van der Waals surface area contributed by atoms with Gasteiger partial charge in [0.2, 0.25) is 5.69 Å². The Hall–Kier alpha value is -2.09. The van der Waals surface area contributed by atoms with Crippen molar-refractivity contribution in [3.8, 4) is 0 Å². The fraction of sp³-hybridized carbons (Fsp3) is 0.0714. The maximum absolute atomic E-state index is 11.8. The van der Waals surface area contributed by atoms with Crippen LogP contribution in [0.4, 0.5) is 5.69 Å². The lowest BCUT2D eigenvalue weighted by Gasteiger charge is -2.06. The molecule has 0 heterocycles. The molecule has 0 aliphatic carbocycles. The van der Waals surface area contributed by atoms with E-state index < -0.39 is 0 Å². The van der Waals surface area contributed by atoms with Gasteiger partial charge in [0.25, 0.3) is 0 Å². The van der Waals surface area contributed by atoms with Gasteiger partial charge in [-0.25, -0.2) is 0 Å². The van der Waals surface area contributed by atoms with E-state index in [4.69, 9.17) is 0 Å². The molecule has 2 aromatic carbocycles. The fourth-order valence-electron chi connectivity index (χ4n) is 1.59. The summed E-state index contributed by atoms with van der Waals surface area (Å²) in [5, 5.41) is 14.0. The van der Waals surface area contributed by atoms with Gasteiger partial charge in [-0.2, -0.15) is 4.74 Å². The molecule has 0 N–H and O–H groups in total. The van der Waals surface area contributed by atoms with Crippen LogP contribution in [0.3, 0.4) is 0 Å². The molecule has 80 valence electrons. The maximum atomic E-state index is 11.8. The predicted molar refractivity (Wildman–Crippen MR) is 68.1 cm³/mol. The van der Waals surface area contributed by atoms with Gasteiger partial charge in [-0.1, -0.05) is 30.8 Å².